The summed E-state index contributed by atoms with van der Waals surface area (Å²) in [6.07, 6.45) is 3.26. The minimum Gasteiger partial charge on any atom is -0.464 e. The number of hydrogen-bond acceptors (Lipinski definition) is 3. The van der Waals surface area contributed by atoms with E-state index in [4.69, 9.17) is 11.6 Å². The fraction of sp³-hybridized carbons (Fsp3) is 0.111. The molecule has 0 aliphatic rings. The van der Waals surface area contributed by atoms with Gasteiger partial charge in [-0.25, -0.2) is 9.78 Å². The van der Waals surface area contributed by atoms with Crippen LogP contribution in [0.3, 0.4) is 0 Å². The van der Waals surface area contributed by atoms with Gasteiger partial charge in [0.2, 0.25) is 0 Å². The van der Waals surface area contributed by atoms with Crippen LogP contribution < -0.4 is 0 Å². The van der Waals surface area contributed by atoms with Crippen molar-refractivity contribution in [1.29, 1.82) is 0 Å². The maximum atomic E-state index is 11.4. The quantitative estimate of drug-likeness (QED) is 0.674. The van der Waals surface area contributed by atoms with Gasteiger partial charge in [-0.05, 0) is 12.1 Å². The van der Waals surface area contributed by atoms with Crippen LogP contribution in [-0.2, 0) is 4.74 Å². The van der Waals surface area contributed by atoms with E-state index in [9.17, 15) is 4.79 Å². The second-order valence-electron chi connectivity index (χ2n) is 2.68. The van der Waals surface area contributed by atoms with Crippen LogP contribution in [0.5, 0.6) is 0 Å². The van der Waals surface area contributed by atoms with Crippen molar-refractivity contribution >= 4 is 23.2 Å². The van der Waals surface area contributed by atoms with Gasteiger partial charge in [-0.3, -0.25) is 4.40 Å². The van der Waals surface area contributed by atoms with E-state index < -0.39 is 5.97 Å². The number of carbonyl (C=O) groups is 1. The second kappa shape index (κ2) is 3.31. The van der Waals surface area contributed by atoms with Crippen molar-refractivity contribution < 1.29 is 9.53 Å². The minimum absolute atomic E-state index is 0.296. The number of carbonyl (C=O) groups excluding carboxylic acids is 1. The van der Waals surface area contributed by atoms with Crippen LogP contribution in [0.4, 0.5) is 0 Å². The van der Waals surface area contributed by atoms with E-state index in [-0.39, 0.29) is 0 Å². The molecule has 0 aliphatic heterocycles. The second-order valence-corrected chi connectivity index (χ2v) is 3.08. The fourth-order valence-electron chi connectivity index (χ4n) is 1.26. The number of ether oxygens (including phenoxy) is 1. The highest BCUT2D eigenvalue weighted by Crippen LogP contribution is 2.18. The monoisotopic (exact) mass is 210 g/mol. The summed E-state index contributed by atoms with van der Waals surface area (Å²) in [5.41, 5.74) is 0.957. The van der Waals surface area contributed by atoms with Gasteiger partial charge in [-0.15, -0.1) is 0 Å². The van der Waals surface area contributed by atoms with Gasteiger partial charge in [0.05, 0.1) is 12.1 Å². The minimum atomic E-state index is -0.474. The number of nitrogens with zero attached hydrogens (tertiary/aromatic N) is 2. The first-order valence-electron chi connectivity index (χ1n) is 3.94. The summed E-state index contributed by atoms with van der Waals surface area (Å²) < 4.78 is 6.21. The summed E-state index contributed by atoms with van der Waals surface area (Å²) in [7, 11) is 1.31. The number of methoxy groups -OCH3 is 1. The molecule has 0 atom stereocenters. The van der Waals surface area contributed by atoms with Crippen molar-refractivity contribution in [2.75, 3.05) is 7.11 Å². The zero-order chi connectivity index (χ0) is 10.1. The van der Waals surface area contributed by atoms with Gasteiger partial charge >= 0.3 is 5.97 Å². The van der Waals surface area contributed by atoms with Crippen LogP contribution >= 0.6 is 11.6 Å². The Morgan fingerprint density at radius 3 is 3.07 bits per heavy atom. The van der Waals surface area contributed by atoms with Crippen LogP contribution in [0.25, 0.3) is 5.65 Å². The number of aromatic nitrogens is 2. The zero-order valence-electron chi connectivity index (χ0n) is 7.40. The third-order valence-electron chi connectivity index (χ3n) is 1.89. The molecule has 0 N–H and O–H groups in total. The lowest BCUT2D eigenvalue weighted by Gasteiger charge is -2.04. The van der Waals surface area contributed by atoms with E-state index in [0.717, 1.165) is 0 Å². The number of imidazole rings is 1. The van der Waals surface area contributed by atoms with E-state index in [1.807, 2.05) is 0 Å². The standard InChI is InChI=1S/C9H7ClN2O2/c1-14-9(13)8-6(10)2-3-7-11-4-5-12(7)8/h2-5H,1H3. The number of rotatable bonds is 1. The van der Waals surface area contributed by atoms with E-state index >= 15 is 0 Å². The number of hydrogen-bond donors (Lipinski definition) is 0. The molecule has 0 radical (unpaired) electrons. The summed E-state index contributed by atoms with van der Waals surface area (Å²) in [5, 5.41) is 0.349. The van der Waals surface area contributed by atoms with Crippen molar-refractivity contribution in [3.63, 3.8) is 0 Å². The largest absolute Gasteiger partial charge is 0.464 e. The number of fused-ring (bicyclic) bond motifs is 1. The fourth-order valence-corrected chi connectivity index (χ4v) is 1.49. The Bertz CT molecular complexity index is 493. The van der Waals surface area contributed by atoms with Gasteiger partial charge in [-0.2, -0.15) is 0 Å². The maximum absolute atomic E-state index is 11.4. The summed E-state index contributed by atoms with van der Waals surface area (Å²) >= 11 is 5.88. The molecule has 0 unspecified atom stereocenters. The molecule has 0 spiro atoms. The number of esters is 1. The Hall–Kier alpha value is -1.55. The lowest BCUT2D eigenvalue weighted by molar-refractivity contribution is 0.0592. The Morgan fingerprint density at radius 1 is 1.57 bits per heavy atom. The first kappa shape index (κ1) is 9.02. The average molecular weight is 211 g/mol. The smallest absolute Gasteiger partial charge is 0.356 e. The topological polar surface area (TPSA) is 43.6 Å². The first-order chi connectivity index (χ1) is 6.74. The molecular weight excluding hydrogens is 204 g/mol. The molecule has 0 amide bonds. The SMILES string of the molecule is COC(=O)c1c(Cl)ccc2nccn12. The molecule has 2 heterocycles. The molecule has 2 aromatic rings. The predicted octanol–water partition coefficient (Wildman–Crippen LogP) is 1.77. The highest BCUT2D eigenvalue weighted by Gasteiger charge is 2.14. The van der Waals surface area contributed by atoms with Crippen LogP contribution in [0, 0.1) is 0 Å². The van der Waals surface area contributed by atoms with Gasteiger partial charge in [0.25, 0.3) is 0 Å². The molecule has 0 aromatic carbocycles. The van der Waals surface area contributed by atoms with Gasteiger partial charge in [-0.1, -0.05) is 11.6 Å². The van der Waals surface area contributed by atoms with Crippen LogP contribution in [-0.4, -0.2) is 22.5 Å². The number of halogens is 1. The molecule has 14 heavy (non-hydrogen) atoms. The maximum Gasteiger partial charge on any atom is 0.356 e. The normalized spacial score (nSPS) is 10.4. The van der Waals surface area contributed by atoms with Crippen molar-refractivity contribution in [1.82, 2.24) is 9.38 Å². The van der Waals surface area contributed by atoms with Crippen molar-refractivity contribution in [3.8, 4) is 0 Å². The third kappa shape index (κ3) is 1.24. The summed E-state index contributed by atoms with van der Waals surface area (Å²) in [6.45, 7) is 0. The molecule has 72 valence electrons. The van der Waals surface area contributed by atoms with E-state index in [0.29, 0.717) is 16.4 Å². The molecule has 2 aromatic heterocycles. The van der Waals surface area contributed by atoms with Crippen LogP contribution in [0.15, 0.2) is 24.5 Å². The van der Waals surface area contributed by atoms with Crippen LogP contribution in [0.2, 0.25) is 5.02 Å². The molecule has 0 saturated carbocycles. The average Bonchev–Trinajstić information content (AvgIpc) is 2.64. The van der Waals surface area contributed by atoms with Gasteiger partial charge in [0.1, 0.15) is 5.65 Å². The highest BCUT2D eigenvalue weighted by atomic mass is 35.5. The van der Waals surface area contributed by atoms with E-state index in [1.54, 1.807) is 28.9 Å². The third-order valence-corrected chi connectivity index (χ3v) is 2.20. The van der Waals surface area contributed by atoms with Gasteiger partial charge in [0.15, 0.2) is 5.69 Å². The molecule has 0 aliphatic carbocycles. The molecule has 2 rings (SSSR count). The lowest BCUT2D eigenvalue weighted by atomic mass is 10.3. The van der Waals surface area contributed by atoms with Crippen LogP contribution in [0.1, 0.15) is 10.5 Å². The van der Waals surface area contributed by atoms with Crippen molar-refractivity contribution in [2.45, 2.75) is 0 Å². The molecular formula is C9H7ClN2O2. The van der Waals surface area contributed by atoms with E-state index in [1.165, 1.54) is 7.11 Å². The predicted molar refractivity (Wildman–Crippen MR) is 51.5 cm³/mol. The molecule has 0 saturated heterocycles. The van der Waals surface area contributed by atoms with Gasteiger partial charge in [0, 0.05) is 12.4 Å². The lowest BCUT2D eigenvalue weighted by Crippen LogP contribution is -2.08. The Morgan fingerprint density at radius 2 is 2.36 bits per heavy atom. The molecule has 0 bridgehead atoms. The van der Waals surface area contributed by atoms with Crippen molar-refractivity contribution in [2.24, 2.45) is 0 Å². The molecule has 5 heteroatoms. The molecule has 0 fully saturated rings. The summed E-state index contributed by atoms with van der Waals surface area (Å²) in [5.74, 6) is -0.474. The van der Waals surface area contributed by atoms with Crippen molar-refractivity contribution in [3.05, 3.63) is 35.2 Å². The Balaban J connectivity index is 2.76. The Kier molecular flexibility index (Phi) is 2.13. The Labute approximate surface area is 85.1 Å². The first-order valence-corrected chi connectivity index (χ1v) is 4.31. The zero-order valence-corrected chi connectivity index (χ0v) is 8.15. The molecule has 4 nitrogen and oxygen atoms in total. The summed E-state index contributed by atoms with van der Waals surface area (Å²) in [4.78, 5) is 15.4. The summed E-state index contributed by atoms with van der Waals surface area (Å²) in [6, 6.07) is 3.35. The van der Waals surface area contributed by atoms with Gasteiger partial charge < -0.3 is 4.74 Å². The van der Waals surface area contributed by atoms with E-state index in [2.05, 4.69) is 9.72 Å². The highest BCUT2D eigenvalue weighted by molar-refractivity contribution is 6.33. The number of pyridine rings is 1.